The number of para-hydroxylation sites is 1. The van der Waals surface area contributed by atoms with Gasteiger partial charge in [0.2, 0.25) is 5.91 Å². The Morgan fingerprint density at radius 3 is 2.42 bits per heavy atom. The zero-order valence-corrected chi connectivity index (χ0v) is 16.0. The fraction of sp³-hybridized carbons (Fsp3) is 0.632. The van der Waals surface area contributed by atoms with E-state index in [1.54, 1.807) is 7.11 Å². The van der Waals surface area contributed by atoms with Gasteiger partial charge in [-0.1, -0.05) is 51.8 Å². The van der Waals surface area contributed by atoms with Gasteiger partial charge in [-0.3, -0.25) is 4.79 Å². The Bertz CT molecular complexity index is 549. The molecule has 0 spiro atoms. The van der Waals surface area contributed by atoms with Gasteiger partial charge < -0.3 is 15.8 Å². The lowest BCUT2D eigenvalue weighted by Gasteiger charge is -2.33. The van der Waals surface area contributed by atoms with Crippen LogP contribution in [0.3, 0.4) is 0 Å². The topological polar surface area (TPSA) is 64.3 Å². The molecule has 0 aliphatic heterocycles. The van der Waals surface area contributed by atoms with Crippen LogP contribution in [0.25, 0.3) is 0 Å². The zero-order valence-electron chi connectivity index (χ0n) is 15.2. The summed E-state index contributed by atoms with van der Waals surface area (Å²) in [4.78, 5) is 12.4. The highest BCUT2D eigenvalue weighted by molar-refractivity contribution is 5.85. The summed E-state index contributed by atoms with van der Waals surface area (Å²) in [6.45, 7) is 6.59. The Morgan fingerprint density at radius 2 is 1.88 bits per heavy atom. The second-order valence-corrected chi connectivity index (χ2v) is 7.75. The van der Waals surface area contributed by atoms with E-state index in [2.05, 4.69) is 11.4 Å². The van der Waals surface area contributed by atoms with E-state index in [0.717, 1.165) is 18.6 Å². The molecule has 1 aromatic rings. The monoisotopic (exact) mass is 354 g/mol. The Morgan fingerprint density at radius 1 is 1.29 bits per heavy atom. The van der Waals surface area contributed by atoms with Crippen molar-refractivity contribution in [1.29, 1.82) is 0 Å². The highest BCUT2D eigenvalue weighted by Crippen LogP contribution is 2.44. The minimum absolute atomic E-state index is 0. The van der Waals surface area contributed by atoms with E-state index in [-0.39, 0.29) is 29.1 Å². The molecule has 0 aromatic heterocycles. The summed E-state index contributed by atoms with van der Waals surface area (Å²) in [5.74, 6) is 0.836. The summed E-state index contributed by atoms with van der Waals surface area (Å²) in [5.41, 5.74) is 7.00. The first-order valence-corrected chi connectivity index (χ1v) is 8.47. The predicted molar refractivity (Wildman–Crippen MR) is 101 cm³/mol. The molecule has 136 valence electrons. The van der Waals surface area contributed by atoms with Crippen LogP contribution in [0.1, 0.15) is 52.0 Å². The van der Waals surface area contributed by atoms with Gasteiger partial charge in [-0.05, 0) is 24.3 Å². The van der Waals surface area contributed by atoms with Crippen LogP contribution >= 0.6 is 12.4 Å². The van der Waals surface area contributed by atoms with Gasteiger partial charge in [0.1, 0.15) is 5.75 Å². The molecule has 0 bridgehead atoms. The van der Waals surface area contributed by atoms with Gasteiger partial charge in [0.15, 0.2) is 0 Å². The van der Waals surface area contributed by atoms with Gasteiger partial charge >= 0.3 is 0 Å². The first-order chi connectivity index (χ1) is 10.8. The minimum Gasteiger partial charge on any atom is -0.496 e. The van der Waals surface area contributed by atoms with Crippen LogP contribution in [0.4, 0.5) is 0 Å². The van der Waals surface area contributed by atoms with Crippen LogP contribution in [0.5, 0.6) is 5.75 Å². The Labute approximate surface area is 151 Å². The number of amides is 1. The van der Waals surface area contributed by atoms with Crippen molar-refractivity contribution in [2.24, 2.45) is 11.1 Å². The smallest absolute Gasteiger partial charge is 0.237 e. The van der Waals surface area contributed by atoms with E-state index >= 15 is 0 Å². The molecule has 3 N–H and O–H groups in total. The lowest BCUT2D eigenvalue weighted by Crippen LogP contribution is -2.51. The van der Waals surface area contributed by atoms with Gasteiger partial charge in [-0.25, -0.2) is 0 Å². The number of halogens is 1. The van der Waals surface area contributed by atoms with Crippen molar-refractivity contribution >= 4 is 18.3 Å². The van der Waals surface area contributed by atoms with Crippen molar-refractivity contribution in [3.8, 4) is 5.75 Å². The van der Waals surface area contributed by atoms with Crippen LogP contribution in [0.15, 0.2) is 24.3 Å². The lowest BCUT2D eigenvalue weighted by molar-refractivity contribution is -0.124. The van der Waals surface area contributed by atoms with Gasteiger partial charge in [0.05, 0.1) is 13.2 Å². The summed E-state index contributed by atoms with van der Waals surface area (Å²) in [6, 6.07) is 7.65. The summed E-state index contributed by atoms with van der Waals surface area (Å²) in [6.07, 6.45) is 4.50. The number of hydrogen-bond donors (Lipinski definition) is 2. The number of nitrogens with one attached hydrogen (secondary N) is 1. The number of nitrogens with two attached hydrogens (primary N) is 1. The quantitative estimate of drug-likeness (QED) is 0.851. The third kappa shape index (κ3) is 4.42. The number of carbonyl (C=O) groups excluding carboxylic acids is 1. The molecule has 0 unspecified atom stereocenters. The average Bonchev–Trinajstić information content (AvgIpc) is 3.01. The minimum atomic E-state index is -0.501. The molecule has 2 rings (SSSR count). The van der Waals surface area contributed by atoms with Gasteiger partial charge in [-0.2, -0.15) is 0 Å². The van der Waals surface area contributed by atoms with Crippen LogP contribution < -0.4 is 15.8 Å². The number of ether oxygens (including phenoxy) is 1. The number of methoxy groups -OCH3 is 1. The van der Waals surface area contributed by atoms with Crippen molar-refractivity contribution in [2.45, 2.75) is 57.9 Å². The Kier molecular flexibility index (Phi) is 7.11. The molecule has 1 aliphatic rings. The van der Waals surface area contributed by atoms with Crippen LogP contribution in [0.2, 0.25) is 0 Å². The standard InChI is InChI=1S/C19H30N2O2.ClH/c1-18(2,3)16(20)17(22)21-13-19(11-7-8-12-19)14-9-5-6-10-15(14)23-4;/h5-6,9-10,16H,7-8,11-13,20H2,1-4H3,(H,21,22);1H/t16-;/m1./s1. The molecule has 24 heavy (non-hydrogen) atoms. The molecule has 4 nitrogen and oxygen atoms in total. The zero-order chi connectivity index (χ0) is 17.1. The van der Waals surface area contributed by atoms with E-state index in [4.69, 9.17) is 10.5 Å². The van der Waals surface area contributed by atoms with Crippen molar-refractivity contribution in [3.05, 3.63) is 29.8 Å². The maximum absolute atomic E-state index is 12.4. The maximum atomic E-state index is 12.4. The summed E-state index contributed by atoms with van der Waals surface area (Å²) in [5, 5.41) is 3.10. The SMILES string of the molecule is COc1ccccc1C1(CNC(=O)[C@@H](N)C(C)(C)C)CCCC1.Cl. The first-order valence-electron chi connectivity index (χ1n) is 8.47. The molecule has 1 amide bonds. The molecule has 1 atom stereocenters. The lowest BCUT2D eigenvalue weighted by atomic mass is 9.78. The third-order valence-corrected chi connectivity index (χ3v) is 5.06. The van der Waals surface area contributed by atoms with E-state index in [1.165, 1.54) is 18.4 Å². The second kappa shape index (κ2) is 8.21. The second-order valence-electron chi connectivity index (χ2n) is 7.75. The summed E-state index contributed by atoms with van der Waals surface area (Å²) in [7, 11) is 1.70. The maximum Gasteiger partial charge on any atom is 0.237 e. The number of carbonyl (C=O) groups is 1. The molecule has 0 saturated heterocycles. The molecule has 1 aliphatic carbocycles. The van der Waals surface area contributed by atoms with Crippen LogP contribution in [0, 0.1) is 5.41 Å². The largest absolute Gasteiger partial charge is 0.496 e. The number of benzene rings is 1. The van der Waals surface area contributed by atoms with Gasteiger partial charge in [0, 0.05) is 17.5 Å². The highest BCUT2D eigenvalue weighted by Gasteiger charge is 2.39. The van der Waals surface area contributed by atoms with Crippen LogP contribution in [-0.4, -0.2) is 25.6 Å². The third-order valence-electron chi connectivity index (χ3n) is 5.06. The Balaban J connectivity index is 0.00000288. The summed E-state index contributed by atoms with van der Waals surface area (Å²) >= 11 is 0. The molecule has 0 radical (unpaired) electrons. The van der Waals surface area contributed by atoms with Crippen molar-refractivity contribution < 1.29 is 9.53 Å². The molecule has 1 fully saturated rings. The highest BCUT2D eigenvalue weighted by atomic mass is 35.5. The number of rotatable bonds is 5. The molecule has 0 heterocycles. The van der Waals surface area contributed by atoms with Gasteiger partial charge in [0.25, 0.3) is 0 Å². The predicted octanol–water partition coefficient (Wildman–Crippen LogP) is 3.42. The first kappa shape index (κ1) is 20.8. The van der Waals surface area contributed by atoms with Crippen molar-refractivity contribution in [1.82, 2.24) is 5.32 Å². The van der Waals surface area contributed by atoms with E-state index in [0.29, 0.717) is 6.54 Å². The normalized spacial score (nSPS) is 17.7. The molecular formula is C19H31ClN2O2. The van der Waals surface area contributed by atoms with E-state index in [1.807, 2.05) is 39.0 Å². The fourth-order valence-corrected chi connectivity index (χ4v) is 3.44. The van der Waals surface area contributed by atoms with Crippen molar-refractivity contribution in [2.75, 3.05) is 13.7 Å². The summed E-state index contributed by atoms with van der Waals surface area (Å²) < 4.78 is 5.55. The van der Waals surface area contributed by atoms with Gasteiger partial charge in [-0.15, -0.1) is 12.4 Å². The number of hydrogen-bond acceptors (Lipinski definition) is 3. The fourth-order valence-electron chi connectivity index (χ4n) is 3.44. The van der Waals surface area contributed by atoms with Crippen molar-refractivity contribution in [3.63, 3.8) is 0 Å². The van der Waals surface area contributed by atoms with Crippen LogP contribution in [-0.2, 0) is 10.2 Å². The molecule has 1 saturated carbocycles. The van der Waals surface area contributed by atoms with E-state index < -0.39 is 6.04 Å². The molecule has 1 aromatic carbocycles. The molecule has 5 heteroatoms. The Hall–Kier alpha value is -1.26. The van der Waals surface area contributed by atoms with E-state index in [9.17, 15) is 4.79 Å². The molecular weight excluding hydrogens is 324 g/mol. The average molecular weight is 355 g/mol.